The number of non-ortho nitro benzene ring substituents is 1. The SMILES string of the molecule is COc1cc([N+](=O)[O-])ccc1S(=O)(=O)N[C@@H](C)c1cccs1. The van der Waals surface area contributed by atoms with Crippen molar-refractivity contribution in [3.63, 3.8) is 0 Å². The Labute approximate surface area is 131 Å². The van der Waals surface area contributed by atoms with Crippen molar-refractivity contribution >= 4 is 27.0 Å². The van der Waals surface area contributed by atoms with Crippen LogP contribution in [0.1, 0.15) is 17.8 Å². The molecule has 0 saturated carbocycles. The summed E-state index contributed by atoms with van der Waals surface area (Å²) in [6, 6.07) is 6.63. The fourth-order valence-corrected chi connectivity index (χ4v) is 4.07. The highest BCUT2D eigenvalue weighted by Gasteiger charge is 2.24. The van der Waals surface area contributed by atoms with Crippen LogP contribution in [0.25, 0.3) is 0 Å². The lowest BCUT2D eigenvalue weighted by Crippen LogP contribution is -2.26. The zero-order valence-electron chi connectivity index (χ0n) is 11.8. The number of thiophene rings is 1. The molecule has 0 fully saturated rings. The van der Waals surface area contributed by atoms with Gasteiger partial charge in [-0.3, -0.25) is 10.1 Å². The summed E-state index contributed by atoms with van der Waals surface area (Å²) in [5.41, 5.74) is -0.234. The van der Waals surface area contributed by atoms with Gasteiger partial charge in [-0.15, -0.1) is 11.3 Å². The third-order valence-corrected chi connectivity index (χ3v) is 5.58. The van der Waals surface area contributed by atoms with Gasteiger partial charge >= 0.3 is 0 Å². The second-order valence-electron chi connectivity index (χ2n) is 4.45. The van der Waals surface area contributed by atoms with E-state index in [0.29, 0.717) is 0 Å². The first-order valence-corrected chi connectivity index (χ1v) is 8.59. The van der Waals surface area contributed by atoms with Crippen LogP contribution in [0.2, 0.25) is 0 Å². The first kappa shape index (κ1) is 16.4. The number of benzene rings is 1. The van der Waals surface area contributed by atoms with Gasteiger partial charge in [-0.05, 0) is 24.4 Å². The molecule has 0 radical (unpaired) electrons. The fraction of sp³-hybridized carbons (Fsp3) is 0.231. The van der Waals surface area contributed by atoms with E-state index < -0.39 is 21.0 Å². The Bertz CT molecular complexity index is 772. The minimum atomic E-state index is -3.86. The molecule has 1 heterocycles. The number of nitrogens with one attached hydrogen (secondary N) is 1. The van der Waals surface area contributed by atoms with Gasteiger partial charge < -0.3 is 4.74 Å². The summed E-state index contributed by atoms with van der Waals surface area (Å²) in [7, 11) is -2.60. The van der Waals surface area contributed by atoms with Crippen LogP contribution in [0.5, 0.6) is 5.75 Å². The predicted octanol–water partition coefficient (Wildman–Crippen LogP) is 2.70. The van der Waals surface area contributed by atoms with E-state index in [4.69, 9.17) is 4.74 Å². The van der Waals surface area contributed by atoms with Crippen LogP contribution < -0.4 is 9.46 Å². The van der Waals surface area contributed by atoms with E-state index in [-0.39, 0.29) is 16.3 Å². The number of sulfonamides is 1. The number of hydrogen-bond donors (Lipinski definition) is 1. The standard InChI is InChI=1S/C13H14N2O5S2/c1-9(12-4-3-7-21-12)14-22(18,19)13-6-5-10(15(16)17)8-11(13)20-2/h3-9,14H,1-2H3/t9-/m0/s1. The minimum absolute atomic E-state index is 0.0694. The Morgan fingerprint density at radius 1 is 1.36 bits per heavy atom. The van der Waals surface area contributed by atoms with Crippen molar-refractivity contribution in [3.05, 3.63) is 50.7 Å². The molecule has 0 saturated heterocycles. The van der Waals surface area contributed by atoms with Crippen LogP contribution in [0.4, 0.5) is 5.69 Å². The van der Waals surface area contributed by atoms with Gasteiger partial charge in [0.2, 0.25) is 10.0 Å². The summed E-state index contributed by atoms with van der Waals surface area (Å²) < 4.78 is 32.4. The van der Waals surface area contributed by atoms with E-state index in [9.17, 15) is 18.5 Å². The summed E-state index contributed by atoms with van der Waals surface area (Å²) in [5.74, 6) is -0.0694. The highest BCUT2D eigenvalue weighted by Crippen LogP contribution is 2.29. The molecule has 2 rings (SSSR count). The Kier molecular flexibility index (Phi) is 4.79. The van der Waals surface area contributed by atoms with Crippen molar-refractivity contribution in [2.75, 3.05) is 7.11 Å². The third-order valence-electron chi connectivity index (χ3n) is 2.95. The van der Waals surface area contributed by atoms with Crippen LogP contribution >= 0.6 is 11.3 Å². The molecule has 0 aliphatic rings. The van der Waals surface area contributed by atoms with Crippen LogP contribution in [-0.4, -0.2) is 20.5 Å². The first-order chi connectivity index (χ1) is 10.3. The molecule has 0 amide bonds. The zero-order chi connectivity index (χ0) is 16.3. The quantitative estimate of drug-likeness (QED) is 0.643. The van der Waals surface area contributed by atoms with Gasteiger partial charge in [0.15, 0.2) is 0 Å². The van der Waals surface area contributed by atoms with Crippen molar-refractivity contribution in [2.24, 2.45) is 0 Å². The second-order valence-corrected chi connectivity index (χ2v) is 7.11. The Morgan fingerprint density at radius 3 is 2.64 bits per heavy atom. The molecule has 1 atom stereocenters. The molecule has 0 unspecified atom stereocenters. The fourth-order valence-electron chi connectivity index (χ4n) is 1.88. The van der Waals surface area contributed by atoms with Crippen LogP contribution in [-0.2, 0) is 10.0 Å². The Balaban J connectivity index is 2.35. The molecule has 0 aliphatic carbocycles. The molecular weight excluding hydrogens is 328 g/mol. The lowest BCUT2D eigenvalue weighted by molar-refractivity contribution is -0.385. The Morgan fingerprint density at radius 2 is 2.09 bits per heavy atom. The van der Waals surface area contributed by atoms with Gasteiger partial charge in [0.25, 0.3) is 5.69 Å². The van der Waals surface area contributed by atoms with Crippen LogP contribution in [0.3, 0.4) is 0 Å². The van der Waals surface area contributed by atoms with Gasteiger partial charge in [0.1, 0.15) is 10.6 Å². The number of rotatable bonds is 6. The van der Waals surface area contributed by atoms with Crippen molar-refractivity contribution in [1.29, 1.82) is 0 Å². The number of nitro benzene ring substituents is 1. The van der Waals surface area contributed by atoms with Crippen molar-refractivity contribution in [2.45, 2.75) is 17.9 Å². The molecule has 9 heteroatoms. The van der Waals surface area contributed by atoms with E-state index in [1.165, 1.54) is 24.5 Å². The van der Waals surface area contributed by atoms with Gasteiger partial charge in [0, 0.05) is 10.9 Å². The summed E-state index contributed by atoms with van der Waals surface area (Å²) in [4.78, 5) is 10.9. The van der Waals surface area contributed by atoms with Gasteiger partial charge in [-0.1, -0.05) is 6.07 Å². The average Bonchev–Trinajstić information content (AvgIpc) is 3.00. The maximum absolute atomic E-state index is 12.4. The van der Waals surface area contributed by atoms with E-state index >= 15 is 0 Å². The van der Waals surface area contributed by atoms with Crippen molar-refractivity contribution < 1.29 is 18.1 Å². The van der Waals surface area contributed by atoms with E-state index in [1.807, 2.05) is 17.5 Å². The third kappa shape index (κ3) is 3.43. The van der Waals surface area contributed by atoms with Crippen LogP contribution in [0, 0.1) is 10.1 Å². The Hall–Kier alpha value is -1.97. The number of nitrogens with zero attached hydrogens (tertiary/aromatic N) is 1. The van der Waals surface area contributed by atoms with Gasteiger partial charge in [-0.25, -0.2) is 13.1 Å². The molecule has 0 aliphatic heterocycles. The van der Waals surface area contributed by atoms with E-state index in [2.05, 4.69) is 4.72 Å². The predicted molar refractivity (Wildman–Crippen MR) is 82.7 cm³/mol. The van der Waals surface area contributed by atoms with E-state index in [0.717, 1.165) is 17.0 Å². The zero-order valence-corrected chi connectivity index (χ0v) is 13.5. The summed E-state index contributed by atoms with van der Waals surface area (Å²) in [6.45, 7) is 1.72. The lowest BCUT2D eigenvalue weighted by atomic mass is 10.3. The molecule has 1 aromatic carbocycles. The maximum Gasteiger partial charge on any atom is 0.273 e. The van der Waals surface area contributed by atoms with E-state index in [1.54, 1.807) is 6.92 Å². The average molecular weight is 342 g/mol. The molecule has 1 aromatic heterocycles. The van der Waals surface area contributed by atoms with Gasteiger partial charge in [-0.2, -0.15) is 0 Å². The summed E-state index contributed by atoms with van der Waals surface area (Å²) >= 11 is 1.44. The van der Waals surface area contributed by atoms with Gasteiger partial charge in [0.05, 0.1) is 24.1 Å². The molecule has 22 heavy (non-hydrogen) atoms. The number of ether oxygens (including phenoxy) is 1. The number of nitro groups is 1. The highest BCUT2D eigenvalue weighted by molar-refractivity contribution is 7.89. The number of hydrogen-bond acceptors (Lipinski definition) is 6. The normalized spacial score (nSPS) is 12.8. The summed E-state index contributed by atoms with van der Waals surface area (Å²) in [5, 5.41) is 12.6. The molecule has 118 valence electrons. The smallest absolute Gasteiger partial charge is 0.273 e. The number of methoxy groups -OCH3 is 1. The maximum atomic E-state index is 12.4. The largest absolute Gasteiger partial charge is 0.495 e. The molecule has 2 aromatic rings. The van der Waals surface area contributed by atoms with Crippen LogP contribution in [0.15, 0.2) is 40.6 Å². The van der Waals surface area contributed by atoms with Crippen molar-refractivity contribution in [3.8, 4) is 5.75 Å². The van der Waals surface area contributed by atoms with Crippen molar-refractivity contribution in [1.82, 2.24) is 4.72 Å². The topological polar surface area (TPSA) is 98.5 Å². The molecule has 0 spiro atoms. The monoisotopic (exact) mass is 342 g/mol. The molecule has 1 N–H and O–H groups in total. The molecule has 0 bridgehead atoms. The molecule has 7 nitrogen and oxygen atoms in total. The minimum Gasteiger partial charge on any atom is -0.495 e. The lowest BCUT2D eigenvalue weighted by Gasteiger charge is -2.14. The second kappa shape index (κ2) is 6.42. The summed E-state index contributed by atoms with van der Waals surface area (Å²) in [6.07, 6.45) is 0. The first-order valence-electron chi connectivity index (χ1n) is 6.23. The molecular formula is C13H14N2O5S2. The highest BCUT2D eigenvalue weighted by atomic mass is 32.2.